The second-order valence-corrected chi connectivity index (χ2v) is 8.32. The van der Waals surface area contributed by atoms with Gasteiger partial charge in [0.2, 0.25) is 6.79 Å². The van der Waals surface area contributed by atoms with E-state index in [1.807, 2.05) is 48.5 Å². The minimum absolute atomic E-state index is 0.0878. The molecule has 0 amide bonds. The highest BCUT2D eigenvalue weighted by Gasteiger charge is 2.48. The van der Waals surface area contributed by atoms with Crippen molar-refractivity contribution in [1.82, 2.24) is 0 Å². The van der Waals surface area contributed by atoms with E-state index in [9.17, 15) is 14.6 Å². The van der Waals surface area contributed by atoms with Crippen LogP contribution in [-0.2, 0) is 25.5 Å². The fourth-order valence-corrected chi connectivity index (χ4v) is 4.03. The molecule has 1 fully saturated rings. The van der Waals surface area contributed by atoms with Crippen molar-refractivity contribution in [3.8, 4) is 11.1 Å². The smallest absolute Gasteiger partial charge is 0.326 e. The van der Waals surface area contributed by atoms with E-state index in [2.05, 4.69) is 0 Å². The lowest BCUT2D eigenvalue weighted by Crippen LogP contribution is -2.46. The number of carbonyl (C=O) groups is 2. The largest absolute Gasteiger partial charge is 0.451 e. The van der Waals surface area contributed by atoms with Gasteiger partial charge in [-0.25, -0.2) is 0 Å². The second-order valence-electron chi connectivity index (χ2n) is 7.88. The number of carbonyl (C=O) groups excluding carboxylic acids is 2. The zero-order valence-corrected chi connectivity index (χ0v) is 17.3. The van der Waals surface area contributed by atoms with Crippen molar-refractivity contribution in [2.24, 2.45) is 11.3 Å². The molecule has 0 aromatic heterocycles. The molecule has 29 heavy (non-hydrogen) atoms. The average molecular weight is 415 g/mol. The molecule has 0 bridgehead atoms. The van der Waals surface area contributed by atoms with Crippen LogP contribution in [0.25, 0.3) is 11.1 Å². The summed E-state index contributed by atoms with van der Waals surface area (Å²) in [7, 11) is 0. The third-order valence-electron chi connectivity index (χ3n) is 5.29. The van der Waals surface area contributed by atoms with E-state index in [0.717, 1.165) is 16.7 Å². The van der Waals surface area contributed by atoms with Crippen LogP contribution < -0.4 is 0 Å². The summed E-state index contributed by atoms with van der Waals surface area (Å²) < 4.78 is 9.88. The monoisotopic (exact) mass is 414 g/mol. The first kappa shape index (κ1) is 21.4. The first-order valence-electron chi connectivity index (χ1n) is 9.65. The summed E-state index contributed by atoms with van der Waals surface area (Å²) in [6.45, 7) is 2.37. The van der Waals surface area contributed by atoms with Gasteiger partial charge in [0.15, 0.2) is 5.41 Å². The Hall–Kier alpha value is -2.31. The molecule has 7 heteroatoms. The summed E-state index contributed by atoms with van der Waals surface area (Å²) in [6.07, 6.45) is 1.34. The summed E-state index contributed by atoms with van der Waals surface area (Å²) in [5.41, 5.74) is 1.79. The molecule has 0 saturated carbocycles. The number of cyclic esters (lactones) is 2. The van der Waals surface area contributed by atoms with Crippen molar-refractivity contribution >= 4 is 30.5 Å². The summed E-state index contributed by atoms with van der Waals surface area (Å²) in [4.78, 5) is 24.5. The maximum atomic E-state index is 12.2. The van der Waals surface area contributed by atoms with E-state index in [-0.39, 0.29) is 19.1 Å². The van der Waals surface area contributed by atoms with Gasteiger partial charge >= 0.3 is 11.9 Å². The molecule has 0 unspecified atom stereocenters. The number of rotatable bonds is 7. The predicted molar refractivity (Wildman–Crippen MR) is 113 cm³/mol. The Bertz CT molecular complexity index is 865. The van der Waals surface area contributed by atoms with Gasteiger partial charge in [-0.2, -0.15) is 0 Å². The summed E-state index contributed by atoms with van der Waals surface area (Å²) in [5.74, 6) is -1.23. The highest BCUT2D eigenvalue weighted by molar-refractivity contribution is 6.48. The van der Waals surface area contributed by atoms with Gasteiger partial charge in [0, 0.05) is 5.02 Å². The van der Waals surface area contributed by atoms with Gasteiger partial charge < -0.3 is 14.5 Å². The molecule has 152 valence electrons. The first-order chi connectivity index (χ1) is 13.8. The van der Waals surface area contributed by atoms with Gasteiger partial charge in [-0.1, -0.05) is 54.8 Å². The highest BCUT2D eigenvalue weighted by atomic mass is 35.5. The van der Waals surface area contributed by atoms with Gasteiger partial charge in [0.1, 0.15) is 0 Å². The quantitative estimate of drug-likeness (QED) is 0.417. The van der Waals surface area contributed by atoms with Crippen LogP contribution in [0.15, 0.2) is 48.5 Å². The number of ether oxygens (including phenoxy) is 2. The van der Waals surface area contributed by atoms with Gasteiger partial charge in [-0.15, -0.1) is 0 Å². The molecule has 1 heterocycles. The predicted octanol–water partition coefficient (Wildman–Crippen LogP) is 4.23. The van der Waals surface area contributed by atoms with Gasteiger partial charge in [0.05, 0.1) is 0 Å². The van der Waals surface area contributed by atoms with Crippen LogP contribution in [0.4, 0.5) is 0 Å². The van der Waals surface area contributed by atoms with Crippen LogP contribution in [0, 0.1) is 11.3 Å². The first-order valence-corrected chi connectivity index (χ1v) is 10.0. The maximum Gasteiger partial charge on any atom is 0.326 e. The van der Waals surface area contributed by atoms with E-state index in [0.29, 0.717) is 17.8 Å². The molecule has 1 aliphatic heterocycles. The van der Waals surface area contributed by atoms with Gasteiger partial charge in [-0.3, -0.25) is 9.59 Å². The minimum atomic E-state index is -1.35. The Labute approximate surface area is 176 Å². The molecule has 1 saturated heterocycles. The lowest BCUT2D eigenvalue weighted by atomic mass is 9.60. The van der Waals surface area contributed by atoms with Gasteiger partial charge in [0.25, 0.3) is 6.92 Å². The highest BCUT2D eigenvalue weighted by Crippen LogP contribution is 2.35. The normalized spacial score (nSPS) is 16.7. The van der Waals surface area contributed by atoms with E-state index >= 15 is 0 Å². The number of benzene rings is 2. The van der Waals surface area contributed by atoms with E-state index in [4.69, 9.17) is 21.1 Å². The summed E-state index contributed by atoms with van der Waals surface area (Å²) in [5, 5.41) is 10.6. The molecule has 2 aromatic carbocycles. The number of hydrogen-bond acceptors (Lipinski definition) is 5. The molecule has 2 aromatic rings. The van der Waals surface area contributed by atoms with E-state index < -0.39 is 24.3 Å². The van der Waals surface area contributed by atoms with Crippen LogP contribution in [-0.4, -0.2) is 30.7 Å². The molecule has 5 nitrogen and oxygen atoms in total. The van der Waals surface area contributed by atoms with Crippen molar-refractivity contribution in [2.75, 3.05) is 6.79 Å². The zero-order chi connectivity index (χ0) is 21.0. The summed E-state index contributed by atoms with van der Waals surface area (Å²) in [6, 6.07) is 15.7. The zero-order valence-electron chi connectivity index (χ0n) is 16.6. The lowest BCUT2D eigenvalue weighted by molar-refractivity contribution is -0.201. The van der Waals surface area contributed by atoms with Crippen LogP contribution in [0.3, 0.4) is 0 Å². The Morgan fingerprint density at radius 2 is 1.76 bits per heavy atom. The van der Waals surface area contributed by atoms with E-state index in [1.54, 1.807) is 13.7 Å². The van der Waals surface area contributed by atoms with Crippen LogP contribution in [0.1, 0.15) is 18.9 Å². The molecule has 3 rings (SSSR count). The Kier molecular flexibility index (Phi) is 6.65. The molecular weight excluding hydrogens is 391 g/mol. The third-order valence-corrected chi connectivity index (χ3v) is 5.52. The molecule has 1 N–H and O–H groups in total. The molecule has 1 aliphatic rings. The molecule has 1 atom stereocenters. The minimum Gasteiger partial charge on any atom is -0.451 e. The fraction of sp³-hybridized carbons (Fsp3) is 0.364. The molecule has 0 radical (unpaired) electrons. The number of hydrogen-bond donors (Lipinski definition) is 1. The number of esters is 2. The van der Waals surface area contributed by atoms with Crippen molar-refractivity contribution in [2.45, 2.75) is 32.9 Å². The third kappa shape index (κ3) is 5.20. The Balaban J connectivity index is 1.76. The van der Waals surface area contributed by atoms with Crippen LogP contribution >= 0.6 is 11.6 Å². The van der Waals surface area contributed by atoms with Crippen LogP contribution in [0.2, 0.25) is 18.2 Å². The van der Waals surface area contributed by atoms with Gasteiger partial charge in [-0.05, 0) is 60.8 Å². The lowest BCUT2D eigenvalue weighted by Gasteiger charge is -2.32. The van der Waals surface area contributed by atoms with E-state index in [1.165, 1.54) is 0 Å². The molecule has 0 spiro atoms. The number of halogens is 1. The summed E-state index contributed by atoms with van der Waals surface area (Å²) >= 11 is 6.07. The molecule has 0 aliphatic carbocycles. The fourth-order valence-electron chi connectivity index (χ4n) is 3.84. The van der Waals surface area contributed by atoms with Crippen molar-refractivity contribution in [3.63, 3.8) is 0 Å². The maximum absolute atomic E-state index is 12.2. The second kappa shape index (κ2) is 9.01. The Morgan fingerprint density at radius 1 is 1.10 bits per heavy atom. The van der Waals surface area contributed by atoms with Crippen molar-refractivity contribution in [3.05, 3.63) is 59.1 Å². The van der Waals surface area contributed by atoms with Crippen molar-refractivity contribution in [1.29, 1.82) is 0 Å². The topological polar surface area (TPSA) is 72.8 Å². The standard InChI is InChI=1S/C22H24BClO5/c1-22(20(25)28-14-29-21(22)26)12-16(13-23(2)27)10-15-6-8-17(9-7-15)18-4-3-5-19(24)11-18/h3-9,11,16,27H,10,12-14H2,1-2H3/t16-/m1/s1. The SMILES string of the molecule is CB(O)C[C@H](Cc1ccc(-c2cccc(Cl)c2)cc1)CC1(C)C(=O)OCOC1=O. The van der Waals surface area contributed by atoms with Crippen LogP contribution in [0.5, 0.6) is 0 Å². The van der Waals surface area contributed by atoms with Crippen molar-refractivity contribution < 1.29 is 24.1 Å². The molecular formula is C22H24BClO5. The average Bonchev–Trinajstić information content (AvgIpc) is 2.66. The Morgan fingerprint density at radius 3 is 2.34 bits per heavy atom.